The Kier molecular flexibility index (Phi) is 4.23. The van der Waals surface area contributed by atoms with Gasteiger partial charge in [0.2, 0.25) is 5.95 Å². The molecule has 3 heteroatoms. The monoisotopic (exact) mass is 471 g/mol. The zero-order valence-electron chi connectivity index (χ0n) is 20.0. The van der Waals surface area contributed by atoms with E-state index in [4.69, 9.17) is 9.97 Å². The molecular formula is C34H21N3. The molecule has 0 amide bonds. The number of hydrogen-bond donors (Lipinski definition) is 0. The predicted octanol–water partition coefficient (Wildman–Crippen LogP) is 8.70. The molecule has 8 aromatic rings. The van der Waals surface area contributed by atoms with Crippen molar-refractivity contribution in [2.75, 3.05) is 0 Å². The van der Waals surface area contributed by atoms with Crippen LogP contribution in [0.5, 0.6) is 0 Å². The second kappa shape index (κ2) is 7.74. The van der Waals surface area contributed by atoms with Gasteiger partial charge in [-0.25, -0.2) is 9.97 Å². The summed E-state index contributed by atoms with van der Waals surface area (Å²) in [5.74, 6) is 0.684. The van der Waals surface area contributed by atoms with Crippen molar-refractivity contribution in [2.45, 2.75) is 0 Å². The van der Waals surface area contributed by atoms with Crippen molar-refractivity contribution in [3.05, 3.63) is 127 Å². The fourth-order valence-electron chi connectivity index (χ4n) is 5.72. The van der Waals surface area contributed by atoms with Crippen molar-refractivity contribution in [1.29, 1.82) is 0 Å². The average Bonchev–Trinajstić information content (AvgIpc) is 3.32. The quantitative estimate of drug-likeness (QED) is 0.236. The summed E-state index contributed by atoms with van der Waals surface area (Å²) in [6.45, 7) is 0. The Morgan fingerprint density at radius 2 is 1.08 bits per heavy atom. The molecular weight excluding hydrogens is 450 g/mol. The van der Waals surface area contributed by atoms with Gasteiger partial charge in [-0.3, -0.25) is 4.57 Å². The van der Waals surface area contributed by atoms with Crippen molar-refractivity contribution in [3.63, 3.8) is 0 Å². The lowest BCUT2D eigenvalue weighted by Crippen LogP contribution is -2.03. The highest BCUT2D eigenvalue weighted by atomic mass is 15.2. The second-order valence-electron chi connectivity index (χ2n) is 9.45. The highest BCUT2D eigenvalue weighted by Gasteiger charge is 2.19. The van der Waals surface area contributed by atoms with Gasteiger partial charge in [0.05, 0.1) is 22.2 Å². The molecule has 0 spiro atoms. The minimum atomic E-state index is 0.684. The van der Waals surface area contributed by atoms with Gasteiger partial charge >= 0.3 is 0 Å². The van der Waals surface area contributed by atoms with Crippen LogP contribution >= 0.6 is 0 Å². The molecule has 2 heterocycles. The van der Waals surface area contributed by atoms with Crippen molar-refractivity contribution < 1.29 is 0 Å². The first-order valence-corrected chi connectivity index (χ1v) is 12.5. The molecule has 0 atom stereocenters. The Hall–Kier alpha value is -5.02. The maximum Gasteiger partial charge on any atom is 0.235 e. The smallest absolute Gasteiger partial charge is 0.235 e. The van der Waals surface area contributed by atoms with Crippen molar-refractivity contribution in [1.82, 2.24) is 14.5 Å². The van der Waals surface area contributed by atoms with Gasteiger partial charge in [0.25, 0.3) is 0 Å². The molecule has 2 aromatic heterocycles. The molecule has 0 N–H and O–H groups in total. The summed E-state index contributed by atoms with van der Waals surface area (Å²) in [5, 5.41) is 8.27. The van der Waals surface area contributed by atoms with E-state index < -0.39 is 0 Å². The first kappa shape index (κ1) is 20.2. The number of rotatable bonds is 2. The van der Waals surface area contributed by atoms with Crippen LogP contribution in [0.3, 0.4) is 0 Å². The summed E-state index contributed by atoms with van der Waals surface area (Å²) < 4.78 is 2.23. The molecule has 37 heavy (non-hydrogen) atoms. The van der Waals surface area contributed by atoms with Crippen molar-refractivity contribution in [3.8, 4) is 17.2 Å². The van der Waals surface area contributed by atoms with E-state index in [2.05, 4.69) is 126 Å². The zero-order valence-corrected chi connectivity index (χ0v) is 20.0. The minimum absolute atomic E-state index is 0.684. The molecule has 6 aromatic carbocycles. The molecule has 172 valence electrons. The van der Waals surface area contributed by atoms with Gasteiger partial charge in [0, 0.05) is 27.1 Å². The standard InChI is InChI=1S/C34H21N3/c1-2-12-24(13-3-1)32-28-20-18-23-11-5-7-15-26(23)33(28)36-34(35-32)37-29-17-9-8-16-27(29)31-25-14-6-4-10-22(25)19-21-30(31)37/h1-21H. The lowest BCUT2D eigenvalue weighted by molar-refractivity contribution is 1.02. The molecule has 8 rings (SSSR count). The summed E-state index contributed by atoms with van der Waals surface area (Å²) in [5.41, 5.74) is 5.20. The number of para-hydroxylation sites is 1. The Morgan fingerprint density at radius 3 is 1.92 bits per heavy atom. The average molecular weight is 472 g/mol. The van der Waals surface area contributed by atoms with E-state index in [1.165, 1.54) is 26.9 Å². The van der Waals surface area contributed by atoms with E-state index >= 15 is 0 Å². The molecule has 0 aliphatic heterocycles. The third-order valence-electron chi connectivity index (χ3n) is 7.39. The van der Waals surface area contributed by atoms with Crippen LogP contribution in [0.25, 0.3) is 71.5 Å². The molecule has 0 unspecified atom stereocenters. The van der Waals surface area contributed by atoms with Gasteiger partial charge in [-0.1, -0.05) is 109 Å². The lowest BCUT2D eigenvalue weighted by atomic mass is 10.0. The maximum atomic E-state index is 5.26. The van der Waals surface area contributed by atoms with Crippen LogP contribution in [0.1, 0.15) is 0 Å². The minimum Gasteiger partial charge on any atom is -0.278 e. The van der Waals surface area contributed by atoms with Crippen LogP contribution in [0, 0.1) is 0 Å². The van der Waals surface area contributed by atoms with E-state index in [0.717, 1.165) is 38.6 Å². The van der Waals surface area contributed by atoms with Gasteiger partial charge in [0.15, 0.2) is 0 Å². The van der Waals surface area contributed by atoms with Gasteiger partial charge in [0.1, 0.15) is 0 Å². The highest BCUT2D eigenvalue weighted by molar-refractivity contribution is 6.21. The van der Waals surface area contributed by atoms with Crippen LogP contribution in [0.15, 0.2) is 127 Å². The van der Waals surface area contributed by atoms with E-state index in [-0.39, 0.29) is 0 Å². The summed E-state index contributed by atoms with van der Waals surface area (Å²) in [6, 6.07) is 44.8. The molecule has 0 radical (unpaired) electrons. The van der Waals surface area contributed by atoms with Gasteiger partial charge < -0.3 is 0 Å². The molecule has 3 nitrogen and oxygen atoms in total. The first-order valence-electron chi connectivity index (χ1n) is 12.5. The summed E-state index contributed by atoms with van der Waals surface area (Å²) in [4.78, 5) is 10.5. The Bertz CT molecular complexity index is 2140. The summed E-state index contributed by atoms with van der Waals surface area (Å²) in [7, 11) is 0. The van der Waals surface area contributed by atoms with Crippen LogP contribution in [-0.2, 0) is 0 Å². The van der Waals surface area contributed by atoms with E-state index in [0.29, 0.717) is 5.95 Å². The Morgan fingerprint density at radius 1 is 0.432 bits per heavy atom. The molecule has 0 saturated heterocycles. The normalized spacial score (nSPS) is 11.8. The van der Waals surface area contributed by atoms with E-state index in [1.54, 1.807) is 0 Å². The fourth-order valence-corrected chi connectivity index (χ4v) is 5.72. The van der Waals surface area contributed by atoms with Crippen molar-refractivity contribution in [2.24, 2.45) is 0 Å². The molecule has 0 aliphatic carbocycles. The van der Waals surface area contributed by atoms with Gasteiger partial charge in [-0.2, -0.15) is 0 Å². The van der Waals surface area contributed by atoms with Gasteiger partial charge in [-0.05, 0) is 34.4 Å². The van der Waals surface area contributed by atoms with Crippen LogP contribution in [-0.4, -0.2) is 14.5 Å². The van der Waals surface area contributed by atoms with Crippen LogP contribution in [0.2, 0.25) is 0 Å². The number of benzene rings is 6. The maximum absolute atomic E-state index is 5.26. The molecule has 0 fully saturated rings. The summed E-state index contributed by atoms with van der Waals surface area (Å²) >= 11 is 0. The van der Waals surface area contributed by atoms with Crippen LogP contribution < -0.4 is 0 Å². The largest absolute Gasteiger partial charge is 0.278 e. The topological polar surface area (TPSA) is 30.7 Å². The third-order valence-corrected chi connectivity index (χ3v) is 7.39. The van der Waals surface area contributed by atoms with E-state index in [1.807, 2.05) is 6.07 Å². The second-order valence-corrected chi connectivity index (χ2v) is 9.45. The molecule has 0 aliphatic rings. The molecule has 0 bridgehead atoms. The molecule has 0 saturated carbocycles. The third kappa shape index (κ3) is 2.95. The van der Waals surface area contributed by atoms with Crippen LogP contribution in [0.4, 0.5) is 0 Å². The number of hydrogen-bond acceptors (Lipinski definition) is 2. The number of aromatic nitrogens is 3. The van der Waals surface area contributed by atoms with Gasteiger partial charge in [-0.15, -0.1) is 0 Å². The number of fused-ring (bicyclic) bond motifs is 8. The first-order chi connectivity index (χ1) is 18.4. The summed E-state index contributed by atoms with van der Waals surface area (Å²) in [6.07, 6.45) is 0. The predicted molar refractivity (Wildman–Crippen MR) is 154 cm³/mol. The van der Waals surface area contributed by atoms with Crippen molar-refractivity contribution >= 4 is 54.3 Å². The lowest BCUT2D eigenvalue weighted by Gasteiger charge is -2.13. The fraction of sp³-hybridized carbons (Fsp3) is 0. The number of nitrogens with zero attached hydrogens (tertiary/aromatic N) is 3. The zero-order chi connectivity index (χ0) is 24.3. The Balaban J connectivity index is 1.57. The Labute approximate surface area is 213 Å². The van der Waals surface area contributed by atoms with E-state index in [9.17, 15) is 0 Å². The SMILES string of the molecule is c1ccc(-c2nc(-n3c4ccccc4c4c5ccccc5ccc43)nc3c2ccc2ccccc23)cc1. The highest BCUT2D eigenvalue weighted by Crippen LogP contribution is 2.38.